The Labute approximate surface area is 137 Å². The van der Waals surface area contributed by atoms with Gasteiger partial charge in [-0.1, -0.05) is 0 Å². The maximum atomic E-state index is 12.1. The van der Waals surface area contributed by atoms with Crippen molar-refractivity contribution >= 4 is 11.8 Å². The van der Waals surface area contributed by atoms with Gasteiger partial charge in [0.1, 0.15) is 5.60 Å². The van der Waals surface area contributed by atoms with Crippen LogP contribution in [0.5, 0.6) is 0 Å². The first-order chi connectivity index (χ1) is 10.8. The molecule has 0 N–H and O–H groups in total. The van der Waals surface area contributed by atoms with Crippen LogP contribution in [0, 0.1) is 16.7 Å². The number of carbonyl (C=O) groups excluding carboxylic acids is 1. The van der Waals surface area contributed by atoms with Crippen LogP contribution in [0.25, 0.3) is 0 Å². The molecule has 1 aromatic rings. The van der Waals surface area contributed by atoms with Gasteiger partial charge in [-0.2, -0.15) is 5.26 Å². The quantitative estimate of drug-likeness (QED) is 0.800. The molecule has 5 nitrogen and oxygen atoms in total. The molecule has 5 heteroatoms. The van der Waals surface area contributed by atoms with Gasteiger partial charge in [-0.25, -0.2) is 4.79 Å². The number of likely N-dealkylation sites (tertiary alicyclic amines) is 1. The highest BCUT2D eigenvalue weighted by Crippen LogP contribution is 2.41. The number of benzene rings is 1. The van der Waals surface area contributed by atoms with Crippen LogP contribution in [0.1, 0.15) is 32.8 Å². The SMILES string of the molecule is CC(C)(C)OC(=O)N1CC2(CCN(c3ccc(C#N)cc3)C2)C1. The molecule has 0 atom stereocenters. The number of anilines is 1. The van der Waals surface area contributed by atoms with Crippen LogP contribution in [0.4, 0.5) is 10.5 Å². The van der Waals surface area contributed by atoms with E-state index >= 15 is 0 Å². The minimum absolute atomic E-state index is 0.199. The third kappa shape index (κ3) is 3.26. The Morgan fingerprint density at radius 2 is 1.87 bits per heavy atom. The van der Waals surface area contributed by atoms with E-state index in [4.69, 9.17) is 10.00 Å². The Morgan fingerprint density at radius 3 is 2.43 bits per heavy atom. The van der Waals surface area contributed by atoms with Gasteiger partial charge in [0.15, 0.2) is 0 Å². The lowest BCUT2D eigenvalue weighted by atomic mass is 9.79. The molecule has 2 aliphatic rings. The average molecular weight is 313 g/mol. The van der Waals surface area contributed by atoms with Crippen molar-refractivity contribution in [3.05, 3.63) is 29.8 Å². The predicted molar refractivity (Wildman–Crippen MR) is 88.2 cm³/mol. The largest absolute Gasteiger partial charge is 0.444 e. The van der Waals surface area contributed by atoms with Crippen LogP contribution in [-0.2, 0) is 4.74 Å². The van der Waals surface area contributed by atoms with Crippen LogP contribution in [-0.4, -0.2) is 42.8 Å². The number of hydrogen-bond acceptors (Lipinski definition) is 4. The predicted octanol–water partition coefficient (Wildman–Crippen LogP) is 3.01. The molecule has 0 saturated carbocycles. The van der Waals surface area contributed by atoms with Crippen molar-refractivity contribution in [2.24, 2.45) is 5.41 Å². The Bertz CT molecular complexity index is 634. The van der Waals surface area contributed by atoms with Gasteiger partial charge in [0.2, 0.25) is 0 Å². The second-order valence-corrected chi connectivity index (χ2v) is 7.67. The summed E-state index contributed by atoms with van der Waals surface area (Å²) in [6, 6.07) is 9.86. The fourth-order valence-corrected chi connectivity index (χ4v) is 3.38. The van der Waals surface area contributed by atoms with Crippen LogP contribution >= 0.6 is 0 Å². The van der Waals surface area contributed by atoms with E-state index in [1.165, 1.54) is 0 Å². The van der Waals surface area contributed by atoms with Gasteiger partial charge in [-0.3, -0.25) is 0 Å². The molecule has 3 rings (SSSR count). The van der Waals surface area contributed by atoms with Crippen LogP contribution in [0.15, 0.2) is 24.3 Å². The molecule has 0 radical (unpaired) electrons. The third-order valence-electron chi connectivity index (χ3n) is 4.50. The Hall–Kier alpha value is -2.22. The maximum Gasteiger partial charge on any atom is 0.410 e. The average Bonchev–Trinajstić information content (AvgIpc) is 2.89. The second-order valence-electron chi connectivity index (χ2n) is 7.67. The smallest absolute Gasteiger partial charge is 0.410 e. The number of ether oxygens (including phenoxy) is 1. The van der Waals surface area contributed by atoms with Crippen LogP contribution in [0.3, 0.4) is 0 Å². The van der Waals surface area contributed by atoms with Gasteiger partial charge < -0.3 is 14.5 Å². The fourth-order valence-electron chi connectivity index (χ4n) is 3.38. The summed E-state index contributed by atoms with van der Waals surface area (Å²) in [6.07, 6.45) is 0.881. The molecule has 0 bridgehead atoms. The highest BCUT2D eigenvalue weighted by atomic mass is 16.6. The lowest BCUT2D eigenvalue weighted by Gasteiger charge is -2.47. The summed E-state index contributed by atoms with van der Waals surface area (Å²) >= 11 is 0. The third-order valence-corrected chi connectivity index (χ3v) is 4.50. The van der Waals surface area contributed by atoms with Crippen molar-refractivity contribution in [1.82, 2.24) is 4.90 Å². The van der Waals surface area contributed by atoms with E-state index < -0.39 is 5.60 Å². The zero-order chi connectivity index (χ0) is 16.7. The van der Waals surface area contributed by atoms with E-state index in [1.54, 1.807) is 4.90 Å². The van der Waals surface area contributed by atoms with Gasteiger partial charge in [-0.15, -0.1) is 0 Å². The summed E-state index contributed by atoms with van der Waals surface area (Å²) in [6.45, 7) is 9.17. The van der Waals surface area contributed by atoms with E-state index in [0.717, 1.165) is 38.3 Å². The molecule has 0 aromatic heterocycles. The monoisotopic (exact) mass is 313 g/mol. The first-order valence-corrected chi connectivity index (χ1v) is 8.03. The van der Waals surface area contributed by atoms with Crippen LogP contribution < -0.4 is 4.90 Å². The zero-order valence-electron chi connectivity index (χ0n) is 14.0. The summed E-state index contributed by atoms with van der Waals surface area (Å²) < 4.78 is 5.42. The highest BCUT2D eigenvalue weighted by molar-refractivity contribution is 5.69. The van der Waals surface area contributed by atoms with Crippen molar-refractivity contribution in [3.63, 3.8) is 0 Å². The topological polar surface area (TPSA) is 56.6 Å². The number of carbonyl (C=O) groups is 1. The molecule has 2 aliphatic heterocycles. The van der Waals surface area contributed by atoms with E-state index in [1.807, 2.05) is 45.0 Å². The van der Waals surface area contributed by atoms with Crippen molar-refractivity contribution in [2.45, 2.75) is 32.8 Å². The van der Waals surface area contributed by atoms with Gasteiger partial charge in [-0.05, 0) is 51.5 Å². The van der Waals surface area contributed by atoms with Gasteiger partial charge >= 0.3 is 6.09 Å². The molecule has 23 heavy (non-hydrogen) atoms. The molecular formula is C18H23N3O2. The van der Waals surface area contributed by atoms with Gasteiger partial charge in [0.25, 0.3) is 0 Å². The standard InChI is InChI=1S/C18H23N3O2/c1-17(2,3)23-16(22)21-12-18(13-21)8-9-20(11-18)15-6-4-14(10-19)5-7-15/h4-7H,8-9,11-13H2,1-3H3. The molecule has 0 unspecified atom stereocenters. The molecule has 1 spiro atoms. The van der Waals surface area contributed by atoms with E-state index in [-0.39, 0.29) is 11.5 Å². The molecule has 0 aliphatic carbocycles. The first kappa shape index (κ1) is 15.7. The Balaban J connectivity index is 1.57. The second kappa shape index (κ2) is 5.45. The zero-order valence-corrected chi connectivity index (χ0v) is 14.0. The maximum absolute atomic E-state index is 12.1. The van der Waals surface area contributed by atoms with Crippen LogP contribution in [0.2, 0.25) is 0 Å². The molecule has 2 fully saturated rings. The Kier molecular flexibility index (Phi) is 3.71. The number of rotatable bonds is 1. The molecule has 2 saturated heterocycles. The molecule has 122 valence electrons. The van der Waals surface area contributed by atoms with E-state index in [2.05, 4.69) is 11.0 Å². The summed E-state index contributed by atoms with van der Waals surface area (Å²) in [4.78, 5) is 16.2. The minimum atomic E-state index is -0.440. The number of nitrogens with zero attached hydrogens (tertiary/aromatic N) is 3. The minimum Gasteiger partial charge on any atom is -0.444 e. The Morgan fingerprint density at radius 1 is 1.22 bits per heavy atom. The van der Waals surface area contributed by atoms with Crippen molar-refractivity contribution in [2.75, 3.05) is 31.1 Å². The summed E-state index contributed by atoms with van der Waals surface area (Å²) in [5.74, 6) is 0. The summed E-state index contributed by atoms with van der Waals surface area (Å²) in [5, 5.41) is 8.87. The van der Waals surface area contributed by atoms with Crippen molar-refractivity contribution in [3.8, 4) is 6.07 Å². The van der Waals surface area contributed by atoms with Crippen molar-refractivity contribution < 1.29 is 9.53 Å². The molecule has 1 amide bonds. The first-order valence-electron chi connectivity index (χ1n) is 8.03. The van der Waals surface area contributed by atoms with E-state index in [0.29, 0.717) is 5.56 Å². The molecule has 2 heterocycles. The van der Waals surface area contributed by atoms with E-state index in [9.17, 15) is 4.79 Å². The van der Waals surface area contributed by atoms with Gasteiger partial charge in [0, 0.05) is 37.3 Å². The normalized spacial score (nSPS) is 19.4. The number of nitriles is 1. The highest BCUT2D eigenvalue weighted by Gasteiger charge is 2.50. The summed E-state index contributed by atoms with van der Waals surface area (Å²) in [5.41, 5.74) is 1.59. The fraction of sp³-hybridized carbons (Fsp3) is 0.556. The molecule has 1 aromatic carbocycles. The number of amides is 1. The number of hydrogen-bond donors (Lipinski definition) is 0. The molecular weight excluding hydrogens is 290 g/mol. The summed E-state index contributed by atoms with van der Waals surface area (Å²) in [7, 11) is 0. The van der Waals surface area contributed by atoms with Gasteiger partial charge in [0.05, 0.1) is 11.6 Å². The lowest BCUT2D eigenvalue weighted by Crippen LogP contribution is -2.60. The van der Waals surface area contributed by atoms with Crippen molar-refractivity contribution in [1.29, 1.82) is 5.26 Å². The lowest BCUT2D eigenvalue weighted by molar-refractivity contribution is -0.0266.